The third kappa shape index (κ3) is 4.49. The van der Waals surface area contributed by atoms with Gasteiger partial charge in [0.2, 0.25) is 0 Å². The van der Waals surface area contributed by atoms with Crippen LogP contribution in [0.25, 0.3) is 0 Å². The van der Waals surface area contributed by atoms with Gasteiger partial charge < -0.3 is 10.6 Å². The molecule has 1 aromatic carbocycles. The van der Waals surface area contributed by atoms with Crippen molar-refractivity contribution in [1.82, 2.24) is 15.6 Å². The molecular formula is C15H18N4O3S. The number of thiazole rings is 1. The Balaban J connectivity index is 1.87. The molecule has 0 radical (unpaired) electrons. The van der Waals surface area contributed by atoms with Crippen LogP contribution in [0.15, 0.2) is 35.8 Å². The van der Waals surface area contributed by atoms with E-state index in [1.165, 1.54) is 17.4 Å². The Bertz CT molecular complexity index is 686. The van der Waals surface area contributed by atoms with Gasteiger partial charge in [-0.3, -0.25) is 10.1 Å². The highest BCUT2D eigenvalue weighted by Crippen LogP contribution is 2.21. The summed E-state index contributed by atoms with van der Waals surface area (Å²) in [6.45, 7) is 4.05. The molecule has 2 aromatic rings. The monoisotopic (exact) mass is 334 g/mol. The van der Waals surface area contributed by atoms with Crippen LogP contribution in [0.5, 0.6) is 0 Å². The normalized spacial score (nSPS) is 11.0. The van der Waals surface area contributed by atoms with E-state index < -0.39 is 10.5 Å². The maximum atomic E-state index is 12.0. The van der Waals surface area contributed by atoms with Crippen molar-refractivity contribution < 1.29 is 9.72 Å². The Labute approximate surface area is 137 Å². The number of nitro groups is 1. The number of amides is 2. The van der Waals surface area contributed by atoms with Crippen LogP contribution in [0.1, 0.15) is 24.4 Å². The number of rotatable bonds is 6. The lowest BCUT2D eigenvalue weighted by Crippen LogP contribution is -2.46. The van der Waals surface area contributed by atoms with E-state index in [1.54, 1.807) is 24.4 Å². The van der Waals surface area contributed by atoms with Crippen molar-refractivity contribution in [3.8, 4) is 0 Å². The number of hydrogen-bond acceptors (Lipinski definition) is 5. The summed E-state index contributed by atoms with van der Waals surface area (Å²) in [4.78, 5) is 26.7. The molecule has 0 aliphatic heterocycles. The van der Waals surface area contributed by atoms with Crippen LogP contribution in [0.2, 0.25) is 0 Å². The van der Waals surface area contributed by atoms with Crippen molar-refractivity contribution in [2.45, 2.75) is 25.8 Å². The molecule has 0 aliphatic rings. The van der Waals surface area contributed by atoms with E-state index in [9.17, 15) is 14.9 Å². The molecule has 2 N–H and O–H groups in total. The molecule has 2 rings (SSSR count). The molecular weight excluding hydrogens is 316 g/mol. The van der Waals surface area contributed by atoms with Crippen molar-refractivity contribution in [1.29, 1.82) is 0 Å². The molecule has 0 aliphatic carbocycles. The fourth-order valence-corrected chi connectivity index (χ4v) is 2.84. The summed E-state index contributed by atoms with van der Waals surface area (Å²) < 4.78 is 0. The molecule has 8 heteroatoms. The minimum Gasteiger partial charge on any atom is -0.338 e. The molecule has 0 unspecified atom stereocenters. The van der Waals surface area contributed by atoms with Gasteiger partial charge in [-0.1, -0.05) is 18.2 Å². The highest BCUT2D eigenvalue weighted by Gasteiger charge is 2.25. The Hall–Kier alpha value is -2.48. The molecule has 122 valence electrons. The molecule has 1 aromatic heterocycles. The van der Waals surface area contributed by atoms with E-state index >= 15 is 0 Å². The molecule has 0 spiro atoms. The lowest BCUT2D eigenvalue weighted by molar-refractivity contribution is -0.385. The molecule has 0 saturated carbocycles. The van der Waals surface area contributed by atoms with Crippen molar-refractivity contribution in [3.63, 3.8) is 0 Å². The number of urea groups is 1. The van der Waals surface area contributed by atoms with Gasteiger partial charge in [0.05, 0.1) is 10.5 Å². The predicted octanol–water partition coefficient (Wildman–Crippen LogP) is 2.83. The largest absolute Gasteiger partial charge is 0.338 e. The summed E-state index contributed by atoms with van der Waals surface area (Å²) in [6.07, 6.45) is 2.08. The summed E-state index contributed by atoms with van der Waals surface area (Å²) in [5, 5.41) is 19.2. The molecule has 0 atom stereocenters. The summed E-state index contributed by atoms with van der Waals surface area (Å²) in [5.41, 5.74) is 0.0894. The average Bonchev–Trinajstić information content (AvgIpc) is 3.02. The van der Waals surface area contributed by atoms with Crippen LogP contribution in [-0.4, -0.2) is 22.5 Å². The number of nitro benzene ring substituents is 1. The van der Waals surface area contributed by atoms with Crippen molar-refractivity contribution in [3.05, 3.63) is 56.5 Å². The van der Waals surface area contributed by atoms with E-state index in [0.717, 1.165) is 5.01 Å². The van der Waals surface area contributed by atoms with E-state index in [1.807, 2.05) is 19.2 Å². The highest BCUT2D eigenvalue weighted by molar-refractivity contribution is 7.09. The third-order valence-corrected chi connectivity index (χ3v) is 4.36. The van der Waals surface area contributed by atoms with Gasteiger partial charge >= 0.3 is 6.03 Å². The first-order chi connectivity index (χ1) is 10.9. The quantitative estimate of drug-likeness (QED) is 0.627. The topological polar surface area (TPSA) is 97.2 Å². The van der Waals surface area contributed by atoms with Gasteiger partial charge in [-0.05, 0) is 20.3 Å². The number of carbonyl (C=O) groups is 1. The zero-order valence-electron chi connectivity index (χ0n) is 12.9. The Morgan fingerprint density at radius 3 is 2.78 bits per heavy atom. The molecule has 7 nitrogen and oxygen atoms in total. The van der Waals surface area contributed by atoms with E-state index in [-0.39, 0.29) is 11.7 Å². The van der Waals surface area contributed by atoms with Crippen LogP contribution in [0, 0.1) is 10.1 Å². The van der Waals surface area contributed by atoms with Crippen molar-refractivity contribution in [2.75, 3.05) is 6.54 Å². The van der Waals surface area contributed by atoms with E-state index in [4.69, 9.17) is 0 Å². The summed E-state index contributed by atoms with van der Waals surface area (Å²) in [5.74, 6) is 0. The second-order valence-electron chi connectivity index (χ2n) is 5.48. The summed E-state index contributed by atoms with van der Waals surface area (Å²) in [6, 6.07) is 6.19. The number of carbonyl (C=O) groups excluding carboxylic acids is 1. The fraction of sp³-hybridized carbons (Fsp3) is 0.333. The minimum absolute atomic E-state index is 0.0674. The smallest absolute Gasteiger partial charge is 0.315 e. The van der Waals surface area contributed by atoms with Gasteiger partial charge in [0.15, 0.2) is 0 Å². The van der Waals surface area contributed by atoms with Crippen molar-refractivity contribution in [2.24, 2.45) is 0 Å². The highest BCUT2D eigenvalue weighted by atomic mass is 32.1. The zero-order valence-corrected chi connectivity index (χ0v) is 13.7. The standard InChI is InChI=1S/C15H18N4O3S/c1-15(2,13-16-9-10-23-13)18-14(20)17-8-7-11-5-3-4-6-12(11)19(21)22/h3-6,9-10H,7-8H2,1-2H3,(H2,17,18,20). The van der Waals surface area contributed by atoms with Crippen LogP contribution >= 0.6 is 11.3 Å². The number of benzene rings is 1. The molecule has 0 fully saturated rings. The average molecular weight is 334 g/mol. The van der Waals surface area contributed by atoms with Crippen molar-refractivity contribution >= 4 is 23.1 Å². The lowest BCUT2D eigenvalue weighted by atomic mass is 10.1. The first-order valence-corrected chi connectivity index (χ1v) is 7.96. The number of para-hydroxylation sites is 1. The fourth-order valence-electron chi connectivity index (χ4n) is 2.12. The Kier molecular flexibility index (Phi) is 5.28. The molecule has 0 bridgehead atoms. The molecule has 1 heterocycles. The first kappa shape index (κ1) is 16.9. The minimum atomic E-state index is -0.572. The number of nitrogens with one attached hydrogen (secondary N) is 2. The number of aromatic nitrogens is 1. The van der Waals surface area contributed by atoms with Crippen LogP contribution in [0.3, 0.4) is 0 Å². The molecule has 23 heavy (non-hydrogen) atoms. The molecule has 2 amide bonds. The number of nitrogens with zero attached hydrogens (tertiary/aromatic N) is 2. The van der Waals surface area contributed by atoms with Crippen LogP contribution in [0.4, 0.5) is 10.5 Å². The third-order valence-electron chi connectivity index (χ3n) is 3.26. The van der Waals surface area contributed by atoms with Crippen LogP contribution in [-0.2, 0) is 12.0 Å². The molecule has 0 saturated heterocycles. The van der Waals surface area contributed by atoms with Gasteiger partial charge in [-0.15, -0.1) is 11.3 Å². The second-order valence-corrected chi connectivity index (χ2v) is 6.37. The number of hydrogen-bond donors (Lipinski definition) is 2. The zero-order chi connectivity index (χ0) is 16.9. The summed E-state index contributed by atoms with van der Waals surface area (Å²) >= 11 is 1.47. The van der Waals surface area contributed by atoms with E-state index in [0.29, 0.717) is 18.5 Å². The van der Waals surface area contributed by atoms with Gasteiger partial charge in [-0.2, -0.15) is 0 Å². The lowest BCUT2D eigenvalue weighted by Gasteiger charge is -2.23. The Morgan fingerprint density at radius 2 is 2.13 bits per heavy atom. The van der Waals surface area contributed by atoms with Gasteiger partial charge in [0.1, 0.15) is 5.01 Å². The maximum absolute atomic E-state index is 12.0. The van der Waals surface area contributed by atoms with Gasteiger partial charge in [0, 0.05) is 29.8 Å². The Morgan fingerprint density at radius 1 is 1.39 bits per heavy atom. The first-order valence-electron chi connectivity index (χ1n) is 7.08. The van der Waals surface area contributed by atoms with E-state index in [2.05, 4.69) is 15.6 Å². The SMILES string of the molecule is CC(C)(NC(=O)NCCc1ccccc1[N+](=O)[O-])c1nccs1. The van der Waals surface area contributed by atoms with Gasteiger partial charge in [0.25, 0.3) is 5.69 Å². The maximum Gasteiger partial charge on any atom is 0.315 e. The second kappa shape index (κ2) is 7.19. The predicted molar refractivity (Wildman–Crippen MR) is 88.5 cm³/mol. The van der Waals surface area contributed by atoms with Crippen LogP contribution < -0.4 is 10.6 Å². The van der Waals surface area contributed by atoms with Gasteiger partial charge in [-0.25, -0.2) is 9.78 Å². The summed E-state index contributed by atoms with van der Waals surface area (Å²) in [7, 11) is 0.